The molecule has 13 heteroatoms. The maximum atomic E-state index is 16.0. The summed E-state index contributed by atoms with van der Waals surface area (Å²) in [5, 5.41) is 12.0. The number of unbranched alkanes of at least 4 members (excludes halogenated alkanes) is 21. The Balaban J connectivity index is 0.841. The molecule has 0 unspecified atom stereocenters. The Labute approximate surface area is 637 Å². The molecule has 0 aliphatic carbocycles. The molecule has 4 amide bonds. The van der Waals surface area contributed by atoms with Crippen LogP contribution in [-0.4, -0.2) is 56.0 Å². The molecule has 0 saturated carbocycles. The van der Waals surface area contributed by atoms with Crippen molar-refractivity contribution < 1.29 is 38.2 Å². The van der Waals surface area contributed by atoms with Crippen molar-refractivity contribution in [2.45, 2.75) is 247 Å². The summed E-state index contributed by atoms with van der Waals surface area (Å²) in [5.41, 5.74) is 8.68. The molecule has 11 nitrogen and oxygen atoms in total. The zero-order valence-corrected chi connectivity index (χ0v) is 66.3. The summed E-state index contributed by atoms with van der Waals surface area (Å²) < 4.78 is 18.7. The number of esters is 1. The van der Waals surface area contributed by atoms with Crippen molar-refractivity contribution in [1.82, 2.24) is 0 Å². The largest absolute Gasteiger partial charge is 0.493 e. The van der Waals surface area contributed by atoms with Crippen molar-refractivity contribution in [1.29, 1.82) is 0 Å². The van der Waals surface area contributed by atoms with Gasteiger partial charge in [0.05, 0.1) is 42.3 Å². The van der Waals surface area contributed by atoms with Gasteiger partial charge in [-0.2, -0.15) is 0 Å². The predicted molar refractivity (Wildman–Crippen MR) is 444 cm³/mol. The Bertz CT molecular complexity index is 4650. The number of ether oxygens (including phenoxy) is 3. The van der Waals surface area contributed by atoms with Gasteiger partial charge in [0.2, 0.25) is 0 Å². The highest BCUT2D eigenvalue weighted by atomic mass is 32.1. The number of hydrogen-bond acceptors (Lipinski definition) is 11. The number of nitrogens with zero attached hydrogens (tertiary/aromatic N) is 2. The monoisotopic (exact) mass is 1460 g/mol. The molecule has 2 aliphatic rings. The summed E-state index contributed by atoms with van der Waals surface area (Å²) in [5.74, 6) is -0.612. The molecule has 0 fully saturated rings. The number of rotatable bonds is 41. The van der Waals surface area contributed by atoms with Gasteiger partial charge in [0.1, 0.15) is 11.5 Å². The van der Waals surface area contributed by atoms with Crippen LogP contribution in [-0.2, 0) is 4.74 Å². The van der Waals surface area contributed by atoms with E-state index in [2.05, 4.69) is 104 Å². The average molecular weight is 1460 g/mol. The van der Waals surface area contributed by atoms with Gasteiger partial charge >= 0.3 is 5.97 Å². The molecular weight excluding hydrogens is 1350 g/mol. The highest BCUT2D eigenvalue weighted by Crippen LogP contribution is 2.54. The van der Waals surface area contributed by atoms with Crippen LogP contribution in [0.2, 0.25) is 0 Å². The maximum absolute atomic E-state index is 16.0. The molecule has 0 radical (unpaired) electrons. The molecule has 106 heavy (non-hydrogen) atoms. The standard InChI is InChI=1S/C93H111N3O8S2/c1-11-13-15-17-19-21-23-25-28-32-50-102-64-54-63(55-65(56-64)103-51-33-29-26-24-22-20-18-16-14-12-2)93(101)104-52-34-30-27-31-49-94-77-58-76-83-73(90(98)96(92(76)100)88-68(61(7)8)40-36-41-69(88)62(9)10)45-43-70-81-74(78-47-48-80(106-78)79-42-37-53-105-79)57-75-82-72(46-44-71(85(81)82)84(77)86(70)83)89(97)95(91(75)99)87-66(59(3)4)38-35-39-67(87)60(5)6/h35-48,53-62,94H,11-34,49-52H2,1-10H3. The molecule has 10 aromatic rings. The van der Waals surface area contributed by atoms with E-state index in [0.717, 1.165) is 120 Å². The van der Waals surface area contributed by atoms with Crippen LogP contribution in [0.25, 0.3) is 63.3 Å². The van der Waals surface area contributed by atoms with Crippen LogP contribution in [0.1, 0.15) is 321 Å². The Hall–Kier alpha value is -8.39. The molecule has 0 saturated heterocycles. The number of carbonyl (C=O) groups excluding carboxylic acids is 5. The second-order valence-corrected chi connectivity index (χ2v) is 33.0. The van der Waals surface area contributed by atoms with Crippen molar-refractivity contribution in [3.05, 3.63) is 171 Å². The van der Waals surface area contributed by atoms with Gasteiger partial charge in [-0.3, -0.25) is 19.2 Å². The van der Waals surface area contributed by atoms with Gasteiger partial charge < -0.3 is 19.5 Å². The van der Waals surface area contributed by atoms with E-state index in [1.54, 1.807) is 34.8 Å². The first-order valence-corrected chi connectivity index (χ1v) is 42.0. The first-order chi connectivity index (χ1) is 51.5. The van der Waals surface area contributed by atoms with E-state index in [1.165, 1.54) is 113 Å². The highest BCUT2D eigenvalue weighted by molar-refractivity contribution is 7.23. The average Bonchev–Trinajstić information content (AvgIpc) is 1.47. The molecule has 0 spiro atoms. The van der Waals surface area contributed by atoms with Crippen LogP contribution < -0.4 is 24.6 Å². The second-order valence-electron chi connectivity index (χ2n) is 31.0. The molecule has 2 aliphatic heterocycles. The number of amides is 4. The van der Waals surface area contributed by atoms with Crippen molar-refractivity contribution >= 4 is 112 Å². The molecule has 558 valence electrons. The SMILES string of the molecule is CCCCCCCCCCCCOc1cc(OCCCCCCCCCCCC)cc(C(=O)OCCCCCCNc2cc3c4c(ccc5c6c(-c7ccc(-c8cccs8)s7)cc7c8c(ccc(c2c45)c86)C(=O)N(c2c(C(C)C)cccc2C(C)C)C7=O)C(=O)N(c2c(C(C)C)cccc2C(C)C)C3=O)c1. The zero-order chi connectivity index (χ0) is 74.5. The van der Waals surface area contributed by atoms with Crippen LogP contribution in [0.5, 0.6) is 11.5 Å². The molecule has 8 aromatic carbocycles. The summed E-state index contributed by atoms with van der Waals surface area (Å²) in [6.07, 6.45) is 27.9. The third-order valence-electron chi connectivity index (χ3n) is 21.9. The van der Waals surface area contributed by atoms with E-state index in [9.17, 15) is 4.79 Å². The molecule has 4 heterocycles. The minimum Gasteiger partial charge on any atom is -0.493 e. The molecule has 0 bridgehead atoms. The normalized spacial score (nSPS) is 13.2. The van der Waals surface area contributed by atoms with Crippen molar-refractivity contribution in [2.75, 3.05) is 41.5 Å². The minimum atomic E-state index is -0.398. The zero-order valence-electron chi connectivity index (χ0n) is 64.6. The van der Waals surface area contributed by atoms with Gasteiger partial charge in [0.15, 0.2) is 0 Å². The van der Waals surface area contributed by atoms with Gasteiger partial charge in [-0.05, 0) is 160 Å². The van der Waals surface area contributed by atoms with Gasteiger partial charge in [-0.1, -0.05) is 246 Å². The number of benzene rings is 8. The molecule has 12 rings (SSSR count). The Morgan fingerprint density at radius 2 is 0.811 bits per heavy atom. The maximum Gasteiger partial charge on any atom is 0.338 e. The number of hydrogen-bond donors (Lipinski definition) is 1. The van der Waals surface area contributed by atoms with Crippen LogP contribution in [0.15, 0.2) is 121 Å². The van der Waals surface area contributed by atoms with Gasteiger partial charge in [0.25, 0.3) is 23.6 Å². The van der Waals surface area contributed by atoms with Crippen LogP contribution >= 0.6 is 22.7 Å². The topological polar surface area (TPSA) is 132 Å². The summed E-state index contributed by atoms with van der Waals surface area (Å²) in [6.45, 7) is 23.3. The van der Waals surface area contributed by atoms with E-state index in [1.807, 2.05) is 78.9 Å². The van der Waals surface area contributed by atoms with Crippen molar-refractivity contribution in [3.8, 4) is 31.7 Å². The first-order valence-electron chi connectivity index (χ1n) is 40.3. The lowest BCUT2D eigenvalue weighted by atomic mass is 9.79. The summed E-state index contributed by atoms with van der Waals surface area (Å²) in [7, 11) is 0. The Kier molecular flexibility index (Phi) is 26.2. The second kappa shape index (κ2) is 36.0. The number of nitrogens with one attached hydrogen (secondary N) is 1. The molecule has 1 N–H and O–H groups in total. The summed E-state index contributed by atoms with van der Waals surface area (Å²) in [6, 6.07) is 38.0. The number of fused-ring (bicyclic) bond motifs is 2. The van der Waals surface area contributed by atoms with Crippen LogP contribution in [0, 0.1) is 0 Å². The lowest BCUT2D eigenvalue weighted by Gasteiger charge is -2.34. The van der Waals surface area contributed by atoms with Crippen molar-refractivity contribution in [3.63, 3.8) is 0 Å². The number of thiophene rings is 2. The summed E-state index contributed by atoms with van der Waals surface area (Å²) >= 11 is 3.33. The van der Waals surface area contributed by atoms with Gasteiger partial charge in [0, 0.05) is 76.7 Å². The molecule has 0 atom stereocenters. The fraction of sp³-hybridized carbons (Fsp3) is 0.452. The first kappa shape index (κ1) is 77.2. The minimum absolute atomic E-state index is 0.0103. The van der Waals surface area contributed by atoms with Crippen LogP contribution in [0.3, 0.4) is 0 Å². The number of carbonyl (C=O) groups is 5. The molecular formula is C93H111N3O8S2. The Morgan fingerprint density at radius 3 is 1.28 bits per heavy atom. The predicted octanol–water partition coefficient (Wildman–Crippen LogP) is 26.7. The smallest absolute Gasteiger partial charge is 0.338 e. The van der Waals surface area contributed by atoms with E-state index >= 15 is 19.2 Å². The van der Waals surface area contributed by atoms with E-state index in [0.29, 0.717) is 93.3 Å². The fourth-order valence-electron chi connectivity index (χ4n) is 16.2. The Morgan fingerprint density at radius 1 is 0.387 bits per heavy atom. The lowest BCUT2D eigenvalue weighted by Crippen LogP contribution is -2.42. The third-order valence-corrected chi connectivity index (χ3v) is 24.1. The number of para-hydroxylation sites is 2. The fourth-order valence-corrected chi connectivity index (χ4v) is 18.1. The van der Waals surface area contributed by atoms with E-state index in [4.69, 9.17) is 14.2 Å². The summed E-state index contributed by atoms with van der Waals surface area (Å²) in [4.78, 5) is 83.5. The third kappa shape index (κ3) is 16.7. The lowest BCUT2D eigenvalue weighted by molar-refractivity contribution is 0.0496. The van der Waals surface area contributed by atoms with Crippen molar-refractivity contribution in [2.24, 2.45) is 0 Å². The number of imide groups is 2. The highest BCUT2D eigenvalue weighted by Gasteiger charge is 2.42. The van der Waals surface area contributed by atoms with E-state index < -0.39 is 5.97 Å². The van der Waals surface area contributed by atoms with Gasteiger partial charge in [-0.15, -0.1) is 22.7 Å². The van der Waals surface area contributed by atoms with Gasteiger partial charge in [-0.25, -0.2) is 14.6 Å². The van der Waals surface area contributed by atoms with E-state index in [-0.39, 0.29) is 53.9 Å². The quantitative estimate of drug-likeness (QED) is 0.0131. The number of anilines is 3. The van der Waals surface area contributed by atoms with Crippen LogP contribution in [0.4, 0.5) is 17.1 Å². The molecule has 2 aromatic heterocycles.